The SMILES string of the molecule is C=CCOc1c(Br)cc(Br)cc1/C=C1\SC(=Nc2ccc(Cl)cc2)NC1=O. The predicted molar refractivity (Wildman–Crippen MR) is 120 cm³/mol. The highest BCUT2D eigenvalue weighted by Crippen LogP contribution is 2.37. The van der Waals surface area contributed by atoms with E-state index in [0.29, 0.717) is 33.1 Å². The van der Waals surface area contributed by atoms with Gasteiger partial charge in [-0.3, -0.25) is 4.79 Å². The second-order valence-electron chi connectivity index (χ2n) is 5.36. The first-order valence-corrected chi connectivity index (χ1v) is 10.5. The molecular formula is C19H13Br2ClN2O2S. The summed E-state index contributed by atoms with van der Waals surface area (Å²) < 4.78 is 7.39. The van der Waals surface area contributed by atoms with Crippen LogP contribution in [0.15, 0.2) is 67.9 Å². The summed E-state index contributed by atoms with van der Waals surface area (Å²) in [4.78, 5) is 17.3. The van der Waals surface area contributed by atoms with Gasteiger partial charge in [-0.1, -0.05) is 40.2 Å². The molecule has 1 saturated heterocycles. The van der Waals surface area contributed by atoms with Crippen molar-refractivity contribution in [1.82, 2.24) is 5.32 Å². The smallest absolute Gasteiger partial charge is 0.264 e. The van der Waals surface area contributed by atoms with Crippen LogP contribution in [0.2, 0.25) is 5.02 Å². The number of nitrogens with one attached hydrogen (secondary N) is 1. The molecule has 0 unspecified atom stereocenters. The van der Waals surface area contributed by atoms with E-state index in [1.807, 2.05) is 12.1 Å². The number of thioether (sulfide) groups is 1. The van der Waals surface area contributed by atoms with Crippen molar-refractivity contribution in [2.24, 2.45) is 4.99 Å². The van der Waals surface area contributed by atoms with Crippen LogP contribution in [0.4, 0.5) is 5.69 Å². The molecule has 138 valence electrons. The molecule has 1 aliphatic rings. The minimum absolute atomic E-state index is 0.210. The van der Waals surface area contributed by atoms with Gasteiger partial charge in [0.2, 0.25) is 0 Å². The van der Waals surface area contributed by atoms with Gasteiger partial charge in [-0.05, 0) is 70.2 Å². The van der Waals surface area contributed by atoms with Gasteiger partial charge in [-0.2, -0.15) is 0 Å². The van der Waals surface area contributed by atoms with E-state index in [1.165, 1.54) is 11.8 Å². The van der Waals surface area contributed by atoms with Crippen molar-refractivity contribution in [3.63, 3.8) is 0 Å². The van der Waals surface area contributed by atoms with Crippen LogP contribution in [0.1, 0.15) is 5.56 Å². The Labute approximate surface area is 183 Å². The molecule has 0 saturated carbocycles. The fraction of sp³-hybridized carbons (Fsp3) is 0.0526. The lowest BCUT2D eigenvalue weighted by atomic mass is 10.2. The number of halogens is 3. The number of hydrogen-bond donors (Lipinski definition) is 1. The fourth-order valence-electron chi connectivity index (χ4n) is 2.24. The molecule has 0 radical (unpaired) electrons. The minimum atomic E-state index is -0.210. The maximum Gasteiger partial charge on any atom is 0.264 e. The van der Waals surface area contributed by atoms with Crippen LogP contribution in [-0.4, -0.2) is 17.7 Å². The number of hydrogen-bond acceptors (Lipinski definition) is 4. The van der Waals surface area contributed by atoms with E-state index >= 15 is 0 Å². The standard InChI is InChI=1S/C19H13Br2ClN2O2S/c1-2-7-26-17-11(8-12(20)10-15(17)21)9-16-18(25)24-19(27-16)23-14-5-3-13(22)4-6-14/h2-6,8-10H,1,7H2,(H,23,24,25)/b16-9-. The number of rotatable bonds is 5. The number of benzene rings is 2. The van der Waals surface area contributed by atoms with E-state index in [9.17, 15) is 4.79 Å². The Morgan fingerprint density at radius 2 is 2.00 bits per heavy atom. The molecule has 27 heavy (non-hydrogen) atoms. The number of carbonyl (C=O) groups is 1. The third kappa shape index (κ3) is 5.25. The molecule has 2 aromatic rings. The highest BCUT2D eigenvalue weighted by Gasteiger charge is 2.24. The molecule has 0 bridgehead atoms. The average Bonchev–Trinajstić information content (AvgIpc) is 2.95. The van der Waals surface area contributed by atoms with Crippen molar-refractivity contribution in [2.45, 2.75) is 0 Å². The number of amides is 1. The first-order chi connectivity index (χ1) is 13.0. The number of nitrogens with zero attached hydrogens (tertiary/aromatic N) is 1. The van der Waals surface area contributed by atoms with Crippen LogP contribution < -0.4 is 10.1 Å². The summed E-state index contributed by atoms with van der Waals surface area (Å²) in [7, 11) is 0. The summed E-state index contributed by atoms with van der Waals surface area (Å²) in [6.07, 6.45) is 3.44. The van der Waals surface area contributed by atoms with Crippen LogP contribution in [0.5, 0.6) is 5.75 Å². The second-order valence-corrected chi connectivity index (χ2v) is 8.60. The molecule has 4 nitrogen and oxygen atoms in total. The van der Waals surface area contributed by atoms with Gasteiger partial charge in [-0.25, -0.2) is 4.99 Å². The summed E-state index contributed by atoms with van der Waals surface area (Å²) in [6.45, 7) is 4.03. The van der Waals surface area contributed by atoms with E-state index in [1.54, 1.807) is 36.4 Å². The van der Waals surface area contributed by atoms with Crippen molar-refractivity contribution < 1.29 is 9.53 Å². The van der Waals surface area contributed by atoms with Gasteiger partial charge >= 0.3 is 0 Å². The summed E-state index contributed by atoms with van der Waals surface area (Å²) in [5, 5.41) is 3.92. The van der Waals surface area contributed by atoms with E-state index < -0.39 is 0 Å². The Bertz CT molecular complexity index is 959. The van der Waals surface area contributed by atoms with E-state index in [0.717, 1.165) is 14.5 Å². The highest BCUT2D eigenvalue weighted by atomic mass is 79.9. The molecule has 1 aliphatic heterocycles. The van der Waals surface area contributed by atoms with E-state index in [4.69, 9.17) is 16.3 Å². The number of aliphatic imine (C=N–C) groups is 1. The summed E-state index contributed by atoms with van der Waals surface area (Å²) in [6, 6.07) is 10.9. The molecule has 1 N–H and O–H groups in total. The third-order valence-corrected chi connectivity index (χ3v) is 5.59. The normalized spacial score (nSPS) is 16.6. The number of ether oxygens (including phenoxy) is 1. The van der Waals surface area contributed by atoms with Crippen LogP contribution >= 0.6 is 55.2 Å². The van der Waals surface area contributed by atoms with Gasteiger partial charge in [-0.15, -0.1) is 0 Å². The Balaban J connectivity index is 1.90. The van der Waals surface area contributed by atoms with Crippen LogP contribution in [0, 0.1) is 0 Å². The van der Waals surface area contributed by atoms with Crippen molar-refractivity contribution in [1.29, 1.82) is 0 Å². The van der Waals surface area contributed by atoms with Gasteiger partial charge < -0.3 is 10.1 Å². The van der Waals surface area contributed by atoms with Gasteiger partial charge in [0.15, 0.2) is 5.17 Å². The zero-order valence-electron chi connectivity index (χ0n) is 13.8. The van der Waals surface area contributed by atoms with Gasteiger partial charge in [0.1, 0.15) is 12.4 Å². The Hall–Kier alpha value is -1.54. The molecule has 8 heteroatoms. The lowest BCUT2D eigenvalue weighted by Gasteiger charge is -2.11. The molecule has 1 fully saturated rings. The molecule has 1 heterocycles. The first-order valence-electron chi connectivity index (χ1n) is 7.74. The molecule has 0 aromatic heterocycles. The van der Waals surface area contributed by atoms with E-state index in [2.05, 4.69) is 48.7 Å². The summed E-state index contributed by atoms with van der Waals surface area (Å²) >= 11 is 14.1. The van der Waals surface area contributed by atoms with Gasteiger partial charge in [0.25, 0.3) is 5.91 Å². The third-order valence-electron chi connectivity index (χ3n) is 3.38. The molecule has 0 aliphatic carbocycles. The topological polar surface area (TPSA) is 50.7 Å². The van der Waals surface area contributed by atoms with E-state index in [-0.39, 0.29) is 5.91 Å². The molecule has 3 rings (SSSR count). The predicted octanol–water partition coefficient (Wildman–Crippen LogP) is 6.32. The van der Waals surface area contributed by atoms with Crippen molar-refractivity contribution >= 4 is 78.1 Å². The Kier molecular flexibility index (Phi) is 6.81. The first kappa shape index (κ1) is 20.2. The Morgan fingerprint density at radius 1 is 1.26 bits per heavy atom. The van der Waals surface area contributed by atoms with Crippen molar-refractivity contribution in [2.75, 3.05) is 6.61 Å². The quantitative estimate of drug-likeness (QED) is 0.365. The summed E-state index contributed by atoms with van der Waals surface area (Å²) in [5.41, 5.74) is 1.48. The Morgan fingerprint density at radius 3 is 2.70 bits per heavy atom. The highest BCUT2D eigenvalue weighted by molar-refractivity contribution is 9.11. The maximum atomic E-state index is 12.3. The number of carbonyl (C=O) groups excluding carboxylic acids is 1. The second kappa shape index (κ2) is 9.10. The van der Waals surface area contributed by atoms with Crippen molar-refractivity contribution in [3.05, 3.63) is 73.5 Å². The lowest BCUT2D eigenvalue weighted by Crippen LogP contribution is -2.19. The fourth-order valence-corrected chi connectivity index (χ4v) is 4.57. The zero-order valence-corrected chi connectivity index (χ0v) is 18.6. The van der Waals surface area contributed by atoms with Gasteiger partial charge in [0.05, 0.1) is 15.1 Å². The lowest BCUT2D eigenvalue weighted by molar-refractivity contribution is -0.115. The molecular weight excluding hydrogens is 516 g/mol. The molecule has 1 amide bonds. The maximum absolute atomic E-state index is 12.3. The van der Waals surface area contributed by atoms with Crippen LogP contribution in [-0.2, 0) is 4.79 Å². The van der Waals surface area contributed by atoms with Crippen LogP contribution in [0.3, 0.4) is 0 Å². The monoisotopic (exact) mass is 526 g/mol. The average molecular weight is 529 g/mol. The van der Waals surface area contributed by atoms with Crippen molar-refractivity contribution in [3.8, 4) is 5.75 Å². The number of amidine groups is 1. The zero-order chi connectivity index (χ0) is 19.4. The summed E-state index contributed by atoms with van der Waals surface area (Å²) in [5.74, 6) is 0.431. The van der Waals surface area contributed by atoms with Gasteiger partial charge in [0, 0.05) is 15.1 Å². The molecule has 0 spiro atoms. The minimum Gasteiger partial charge on any atom is -0.488 e. The van der Waals surface area contributed by atoms with Crippen LogP contribution in [0.25, 0.3) is 6.08 Å². The molecule has 0 atom stereocenters. The largest absolute Gasteiger partial charge is 0.488 e. The molecule has 2 aromatic carbocycles.